The molecule has 0 unspecified atom stereocenters. The molecule has 4 rings (SSSR count). The Morgan fingerprint density at radius 2 is 2.13 bits per heavy atom. The molecule has 1 amide bonds. The Balaban J connectivity index is 1.63. The molecule has 2 aliphatic heterocycles. The summed E-state index contributed by atoms with van der Waals surface area (Å²) in [5, 5.41) is 18.0. The summed E-state index contributed by atoms with van der Waals surface area (Å²) in [5.74, 6) is 0.239. The molecule has 1 saturated carbocycles. The fourth-order valence-electron chi connectivity index (χ4n) is 3.04. The van der Waals surface area contributed by atoms with E-state index in [-0.39, 0.29) is 11.7 Å². The monoisotopic (exact) mass is 344 g/mol. The van der Waals surface area contributed by atoms with Crippen molar-refractivity contribution < 1.29 is 4.79 Å². The number of carbonyl (C=O) groups excluding carboxylic acids is 1. The number of nitrogens with zero attached hydrogens (tertiary/aromatic N) is 3. The van der Waals surface area contributed by atoms with Gasteiger partial charge >= 0.3 is 0 Å². The zero-order valence-corrected chi connectivity index (χ0v) is 14.1. The number of hydrazone groups is 1. The number of carbonyl (C=O) groups is 1. The fraction of sp³-hybridized carbons (Fsp3) is 0.375. The summed E-state index contributed by atoms with van der Waals surface area (Å²) in [7, 11) is 0. The summed E-state index contributed by atoms with van der Waals surface area (Å²) in [6, 6.07) is 3.85. The van der Waals surface area contributed by atoms with Crippen molar-refractivity contribution in [3.05, 3.63) is 28.0 Å². The molecule has 3 heterocycles. The van der Waals surface area contributed by atoms with E-state index in [0.717, 1.165) is 22.8 Å². The summed E-state index contributed by atoms with van der Waals surface area (Å²) >= 11 is 2.99. The van der Waals surface area contributed by atoms with Crippen LogP contribution in [0.4, 0.5) is 0 Å². The fourth-order valence-corrected chi connectivity index (χ4v) is 4.75. The third kappa shape index (κ3) is 2.79. The van der Waals surface area contributed by atoms with E-state index in [4.69, 9.17) is 5.41 Å². The first-order valence-corrected chi connectivity index (χ1v) is 9.45. The van der Waals surface area contributed by atoms with Crippen LogP contribution in [0.15, 0.2) is 33.2 Å². The number of aliphatic imine (C=N–C) groups is 1. The Kier molecular flexibility index (Phi) is 3.90. The lowest BCUT2D eigenvalue weighted by Crippen LogP contribution is -2.35. The predicted octanol–water partition coefficient (Wildman–Crippen LogP) is 3.95. The van der Waals surface area contributed by atoms with Crippen molar-refractivity contribution in [2.45, 2.75) is 32.1 Å². The van der Waals surface area contributed by atoms with Gasteiger partial charge in [-0.2, -0.15) is 15.1 Å². The van der Waals surface area contributed by atoms with Crippen molar-refractivity contribution in [2.24, 2.45) is 16.0 Å². The average Bonchev–Trinajstić information content (AvgIpc) is 3.22. The summed E-state index contributed by atoms with van der Waals surface area (Å²) in [5.41, 5.74) is 0.311. The average molecular weight is 344 g/mol. The Labute approximate surface area is 142 Å². The van der Waals surface area contributed by atoms with Gasteiger partial charge in [-0.3, -0.25) is 10.2 Å². The van der Waals surface area contributed by atoms with Gasteiger partial charge in [-0.05, 0) is 42.1 Å². The maximum Gasteiger partial charge on any atom is 0.283 e. The van der Waals surface area contributed by atoms with Gasteiger partial charge in [-0.25, -0.2) is 0 Å². The molecule has 1 aromatic rings. The van der Waals surface area contributed by atoms with Crippen molar-refractivity contribution in [3.8, 4) is 0 Å². The van der Waals surface area contributed by atoms with Crippen LogP contribution in [-0.2, 0) is 4.79 Å². The highest BCUT2D eigenvalue weighted by molar-refractivity contribution is 8.27. The predicted molar refractivity (Wildman–Crippen MR) is 95.9 cm³/mol. The van der Waals surface area contributed by atoms with Gasteiger partial charge in [0.15, 0.2) is 5.84 Å². The van der Waals surface area contributed by atoms with Crippen molar-refractivity contribution in [1.82, 2.24) is 5.01 Å². The van der Waals surface area contributed by atoms with Crippen LogP contribution in [0.2, 0.25) is 0 Å². The molecule has 0 saturated heterocycles. The highest BCUT2D eigenvalue weighted by Gasteiger charge is 2.37. The molecular weight excluding hydrogens is 328 g/mol. The molecule has 0 aromatic carbocycles. The Hall–Kier alpha value is -1.73. The van der Waals surface area contributed by atoms with Gasteiger partial charge in [0.2, 0.25) is 5.17 Å². The molecule has 0 spiro atoms. The number of hydrogen-bond acceptors (Lipinski definition) is 5. The maximum atomic E-state index is 12.3. The number of nitrogens with one attached hydrogen (secondary N) is 1. The van der Waals surface area contributed by atoms with E-state index in [0.29, 0.717) is 16.7 Å². The van der Waals surface area contributed by atoms with Crippen LogP contribution >= 0.6 is 23.1 Å². The molecule has 1 fully saturated rings. The Morgan fingerprint density at radius 3 is 2.87 bits per heavy atom. The van der Waals surface area contributed by atoms with Gasteiger partial charge in [0.05, 0.1) is 5.57 Å². The summed E-state index contributed by atoms with van der Waals surface area (Å²) in [6.45, 7) is 0. The number of amides is 1. The zero-order valence-electron chi connectivity index (χ0n) is 12.5. The third-order valence-electron chi connectivity index (χ3n) is 4.25. The van der Waals surface area contributed by atoms with Gasteiger partial charge < -0.3 is 0 Å². The minimum atomic E-state index is -0.345. The van der Waals surface area contributed by atoms with Gasteiger partial charge in [0, 0.05) is 10.8 Å². The van der Waals surface area contributed by atoms with E-state index < -0.39 is 0 Å². The SMILES string of the molecule is N=C1C(=Cc2cccs2)C(=O)N=C2SC(C3CCCCC3)=NN12. The molecule has 0 bridgehead atoms. The molecule has 5 nitrogen and oxygen atoms in total. The van der Waals surface area contributed by atoms with E-state index in [1.165, 1.54) is 47.4 Å². The van der Waals surface area contributed by atoms with E-state index in [9.17, 15) is 4.79 Å². The molecule has 7 heteroatoms. The van der Waals surface area contributed by atoms with Crippen LogP contribution in [0.1, 0.15) is 37.0 Å². The lowest BCUT2D eigenvalue weighted by atomic mass is 9.90. The van der Waals surface area contributed by atoms with Crippen LogP contribution in [0.3, 0.4) is 0 Å². The summed E-state index contributed by atoms with van der Waals surface area (Å²) in [4.78, 5) is 17.4. The van der Waals surface area contributed by atoms with Crippen molar-refractivity contribution >= 4 is 51.1 Å². The molecule has 118 valence electrons. The Bertz CT molecular complexity index is 742. The summed E-state index contributed by atoms with van der Waals surface area (Å²) < 4.78 is 0. The molecule has 1 aromatic heterocycles. The number of amidine groups is 2. The van der Waals surface area contributed by atoms with Gasteiger partial charge in [-0.15, -0.1) is 11.3 Å². The molecule has 0 atom stereocenters. The van der Waals surface area contributed by atoms with Crippen molar-refractivity contribution in [2.75, 3.05) is 0 Å². The van der Waals surface area contributed by atoms with Crippen molar-refractivity contribution in [1.29, 1.82) is 5.41 Å². The second-order valence-corrected chi connectivity index (χ2v) is 7.78. The molecule has 1 N–H and O–H groups in total. The molecule has 23 heavy (non-hydrogen) atoms. The maximum absolute atomic E-state index is 12.3. The molecular formula is C16H16N4OS2. The Morgan fingerprint density at radius 1 is 1.30 bits per heavy atom. The minimum Gasteiger partial charge on any atom is -0.282 e. The first kappa shape index (κ1) is 14.8. The highest BCUT2D eigenvalue weighted by Crippen LogP contribution is 2.36. The first-order valence-electron chi connectivity index (χ1n) is 7.76. The standard InChI is InChI=1S/C16H16N4OS2/c17-13-12(9-11-7-4-8-22-11)14(21)18-16-20(13)19-15(23-16)10-5-2-1-3-6-10/h4,7-10,17H,1-3,5-6H2. The zero-order chi connectivity index (χ0) is 15.8. The van der Waals surface area contributed by atoms with Gasteiger partial charge in [-0.1, -0.05) is 25.3 Å². The van der Waals surface area contributed by atoms with Crippen LogP contribution in [0.25, 0.3) is 6.08 Å². The number of hydrogen-bond donors (Lipinski definition) is 1. The van der Waals surface area contributed by atoms with Crippen LogP contribution < -0.4 is 0 Å². The lowest BCUT2D eigenvalue weighted by Gasteiger charge is -2.20. The minimum absolute atomic E-state index is 0.131. The number of thioether (sulfide) groups is 1. The van der Waals surface area contributed by atoms with Gasteiger partial charge in [0.1, 0.15) is 5.04 Å². The lowest BCUT2D eigenvalue weighted by molar-refractivity contribution is -0.114. The molecule has 0 radical (unpaired) electrons. The second-order valence-electron chi connectivity index (χ2n) is 5.81. The van der Waals surface area contributed by atoms with Crippen LogP contribution in [-0.4, -0.2) is 27.0 Å². The molecule has 3 aliphatic rings. The third-order valence-corrected chi connectivity index (χ3v) is 6.14. The quantitative estimate of drug-likeness (QED) is 0.826. The van der Waals surface area contributed by atoms with Crippen LogP contribution in [0.5, 0.6) is 0 Å². The number of thiophene rings is 1. The topological polar surface area (TPSA) is 68.9 Å². The van der Waals surface area contributed by atoms with E-state index in [1.807, 2.05) is 17.5 Å². The largest absolute Gasteiger partial charge is 0.283 e. The van der Waals surface area contributed by atoms with Crippen LogP contribution in [0, 0.1) is 11.3 Å². The van der Waals surface area contributed by atoms with Gasteiger partial charge in [0.25, 0.3) is 5.91 Å². The second kappa shape index (κ2) is 6.05. The smallest absolute Gasteiger partial charge is 0.282 e. The van der Waals surface area contributed by atoms with E-state index in [1.54, 1.807) is 6.08 Å². The number of rotatable bonds is 2. The van der Waals surface area contributed by atoms with Crippen molar-refractivity contribution in [3.63, 3.8) is 0 Å². The highest BCUT2D eigenvalue weighted by atomic mass is 32.2. The molecule has 1 aliphatic carbocycles. The summed E-state index contributed by atoms with van der Waals surface area (Å²) in [6.07, 6.45) is 7.78. The van der Waals surface area contributed by atoms with E-state index >= 15 is 0 Å². The first-order chi connectivity index (χ1) is 11.2. The normalized spacial score (nSPS) is 24.0. The number of fused-ring (bicyclic) bond motifs is 1. The van der Waals surface area contributed by atoms with E-state index in [2.05, 4.69) is 10.1 Å².